The van der Waals surface area contributed by atoms with E-state index in [1.54, 1.807) is 30.3 Å². The molecule has 0 saturated carbocycles. The molecule has 1 amide bonds. The smallest absolute Gasteiger partial charge is 0.252 e. The minimum atomic E-state index is -3.79. The average molecular weight is 575 g/mol. The lowest BCUT2D eigenvalue weighted by Crippen LogP contribution is -2.47. The van der Waals surface area contributed by atoms with Crippen molar-refractivity contribution >= 4 is 39.8 Å². The van der Waals surface area contributed by atoms with Crippen molar-refractivity contribution < 1.29 is 18.3 Å². The lowest BCUT2D eigenvalue weighted by molar-refractivity contribution is 0.0932. The standard InChI is InChI=1S/C32H35N2O4PS/c1-24(2)29(23-40(37,38)33-22-30(35)25-14-6-3-7-15-25)34-32(36)28-20-12-13-21-31(28)39(26-16-8-4-9-17-26)27-18-10-5-11-19-27/h3-21,24,29-30,33,35H,22-23H2,1-2H3,(H,34,36)/t29-,30-/m1/s1. The molecule has 4 rings (SSSR count). The molecule has 0 spiro atoms. The Morgan fingerprint density at radius 1 is 0.775 bits per heavy atom. The maximum atomic E-state index is 13.7. The molecule has 0 aliphatic rings. The van der Waals surface area contributed by atoms with Crippen LogP contribution in [-0.4, -0.2) is 37.8 Å². The van der Waals surface area contributed by atoms with Crippen LogP contribution in [0.4, 0.5) is 0 Å². The SMILES string of the molecule is CC(C)[C@@H](CS(=O)(=O)NC[C@@H](O)c1ccccc1)NC(=O)c1ccccc1P(c1ccccc1)c1ccccc1. The zero-order chi connectivity index (χ0) is 28.5. The van der Waals surface area contributed by atoms with Crippen molar-refractivity contribution in [3.63, 3.8) is 0 Å². The van der Waals surface area contributed by atoms with Crippen LogP contribution in [0.15, 0.2) is 115 Å². The van der Waals surface area contributed by atoms with Gasteiger partial charge in [-0.25, -0.2) is 13.1 Å². The third-order valence-electron chi connectivity index (χ3n) is 6.62. The molecule has 0 unspecified atom stereocenters. The highest BCUT2D eigenvalue weighted by molar-refractivity contribution is 7.89. The molecule has 0 heterocycles. The Balaban J connectivity index is 1.55. The van der Waals surface area contributed by atoms with E-state index >= 15 is 0 Å². The van der Waals surface area contributed by atoms with Gasteiger partial charge < -0.3 is 10.4 Å². The van der Waals surface area contributed by atoms with Crippen molar-refractivity contribution in [2.24, 2.45) is 5.92 Å². The van der Waals surface area contributed by atoms with E-state index in [1.165, 1.54) is 0 Å². The predicted octanol–water partition coefficient (Wildman–Crippen LogP) is 3.85. The fraction of sp³-hybridized carbons (Fsp3) is 0.219. The second-order valence-corrected chi connectivity index (χ2v) is 13.9. The van der Waals surface area contributed by atoms with Crippen molar-refractivity contribution in [1.29, 1.82) is 0 Å². The second-order valence-electron chi connectivity index (χ2n) is 9.90. The van der Waals surface area contributed by atoms with Gasteiger partial charge in [-0.15, -0.1) is 0 Å². The number of hydrogen-bond acceptors (Lipinski definition) is 4. The molecular weight excluding hydrogens is 539 g/mol. The fourth-order valence-corrected chi connectivity index (χ4v) is 8.30. The van der Waals surface area contributed by atoms with Gasteiger partial charge in [0.15, 0.2) is 0 Å². The van der Waals surface area contributed by atoms with E-state index in [2.05, 4.69) is 34.3 Å². The number of sulfonamides is 1. The van der Waals surface area contributed by atoms with Crippen LogP contribution in [0.2, 0.25) is 0 Å². The van der Waals surface area contributed by atoms with E-state index in [4.69, 9.17) is 0 Å². The Hall–Kier alpha value is -3.35. The molecule has 0 bridgehead atoms. The highest BCUT2D eigenvalue weighted by Gasteiger charge is 2.27. The molecule has 6 nitrogen and oxygen atoms in total. The number of rotatable bonds is 12. The number of aliphatic hydroxyl groups excluding tert-OH is 1. The number of carbonyl (C=O) groups excluding carboxylic acids is 1. The molecule has 8 heteroatoms. The quantitative estimate of drug-likeness (QED) is 0.224. The number of hydrogen-bond donors (Lipinski definition) is 3. The maximum Gasteiger partial charge on any atom is 0.252 e. The van der Waals surface area contributed by atoms with E-state index in [-0.39, 0.29) is 24.1 Å². The van der Waals surface area contributed by atoms with Crippen molar-refractivity contribution in [3.05, 3.63) is 126 Å². The van der Waals surface area contributed by atoms with Crippen molar-refractivity contribution in [2.45, 2.75) is 26.0 Å². The van der Waals surface area contributed by atoms with Gasteiger partial charge in [0.05, 0.1) is 11.9 Å². The van der Waals surface area contributed by atoms with Crippen LogP contribution in [0.25, 0.3) is 0 Å². The second kappa shape index (κ2) is 13.8. The third-order valence-corrected chi connectivity index (χ3v) is 10.5. The molecule has 4 aromatic rings. The van der Waals surface area contributed by atoms with Gasteiger partial charge in [0.2, 0.25) is 10.0 Å². The first-order valence-electron chi connectivity index (χ1n) is 13.3. The van der Waals surface area contributed by atoms with Gasteiger partial charge in [-0.3, -0.25) is 4.79 Å². The van der Waals surface area contributed by atoms with Gasteiger partial charge in [-0.2, -0.15) is 0 Å². The summed E-state index contributed by atoms with van der Waals surface area (Å²) in [5, 5.41) is 16.5. The van der Waals surface area contributed by atoms with Crippen LogP contribution in [0.3, 0.4) is 0 Å². The highest BCUT2D eigenvalue weighted by Crippen LogP contribution is 2.34. The number of nitrogens with one attached hydrogen (secondary N) is 2. The number of aliphatic hydroxyl groups is 1. The molecular formula is C32H35N2O4PS. The first-order chi connectivity index (χ1) is 19.2. The summed E-state index contributed by atoms with van der Waals surface area (Å²) in [6, 6.07) is 36.0. The Morgan fingerprint density at radius 3 is 1.82 bits per heavy atom. The Labute approximate surface area is 238 Å². The molecule has 4 aromatic carbocycles. The van der Waals surface area contributed by atoms with Crippen LogP contribution in [0.1, 0.15) is 35.9 Å². The van der Waals surface area contributed by atoms with E-state index in [0.29, 0.717) is 11.1 Å². The summed E-state index contributed by atoms with van der Waals surface area (Å²) < 4.78 is 28.5. The number of carbonyl (C=O) groups is 1. The van der Waals surface area contributed by atoms with Crippen LogP contribution in [-0.2, 0) is 10.0 Å². The van der Waals surface area contributed by atoms with E-state index in [1.807, 2.05) is 74.5 Å². The van der Waals surface area contributed by atoms with E-state index in [0.717, 1.165) is 15.9 Å². The summed E-state index contributed by atoms with van der Waals surface area (Å²) >= 11 is 0. The molecule has 0 aromatic heterocycles. The molecule has 208 valence electrons. The van der Waals surface area contributed by atoms with Crippen LogP contribution in [0.5, 0.6) is 0 Å². The topological polar surface area (TPSA) is 95.5 Å². The zero-order valence-electron chi connectivity index (χ0n) is 22.6. The van der Waals surface area contributed by atoms with Gasteiger partial charge >= 0.3 is 0 Å². The summed E-state index contributed by atoms with van der Waals surface area (Å²) in [5.74, 6) is -0.753. The summed E-state index contributed by atoms with van der Waals surface area (Å²) in [5.41, 5.74) is 1.15. The molecule has 2 atom stereocenters. The Morgan fingerprint density at radius 2 is 1.27 bits per heavy atom. The highest BCUT2D eigenvalue weighted by atomic mass is 32.2. The van der Waals surface area contributed by atoms with Gasteiger partial charge in [0.1, 0.15) is 0 Å². The molecule has 0 aliphatic heterocycles. The molecule has 3 N–H and O–H groups in total. The molecule has 0 saturated heterocycles. The minimum absolute atomic E-state index is 0.142. The van der Waals surface area contributed by atoms with Gasteiger partial charge in [0, 0.05) is 18.2 Å². The van der Waals surface area contributed by atoms with Gasteiger partial charge in [-0.05, 0) is 41.4 Å². The molecule has 40 heavy (non-hydrogen) atoms. The summed E-state index contributed by atoms with van der Waals surface area (Å²) in [6.45, 7) is 3.62. The van der Waals surface area contributed by atoms with Crippen LogP contribution in [0, 0.1) is 5.92 Å². The number of amides is 1. The van der Waals surface area contributed by atoms with Crippen LogP contribution >= 0.6 is 7.92 Å². The summed E-state index contributed by atoms with van der Waals surface area (Å²) in [6.07, 6.45) is -0.967. The summed E-state index contributed by atoms with van der Waals surface area (Å²) in [4.78, 5) is 13.7. The lowest BCUT2D eigenvalue weighted by atomic mass is 10.1. The molecule has 0 aliphatic carbocycles. The van der Waals surface area contributed by atoms with Gasteiger partial charge in [0.25, 0.3) is 5.91 Å². The maximum absolute atomic E-state index is 13.7. The monoisotopic (exact) mass is 574 g/mol. The van der Waals surface area contributed by atoms with Crippen molar-refractivity contribution in [1.82, 2.24) is 10.0 Å². The zero-order valence-corrected chi connectivity index (χ0v) is 24.4. The third kappa shape index (κ3) is 7.86. The Bertz CT molecular complexity index is 1440. The van der Waals surface area contributed by atoms with Crippen molar-refractivity contribution in [2.75, 3.05) is 12.3 Å². The lowest BCUT2D eigenvalue weighted by Gasteiger charge is -2.25. The molecule has 0 fully saturated rings. The van der Waals surface area contributed by atoms with E-state index in [9.17, 15) is 18.3 Å². The fourth-order valence-electron chi connectivity index (χ4n) is 4.38. The summed E-state index contributed by atoms with van der Waals surface area (Å²) in [7, 11) is -4.81. The first-order valence-corrected chi connectivity index (χ1v) is 16.2. The van der Waals surface area contributed by atoms with Gasteiger partial charge in [-0.1, -0.05) is 123 Å². The van der Waals surface area contributed by atoms with Crippen LogP contribution < -0.4 is 26.0 Å². The predicted molar refractivity (Wildman–Crippen MR) is 164 cm³/mol. The Kier molecular flexibility index (Phi) is 10.2. The largest absolute Gasteiger partial charge is 0.387 e. The number of benzene rings is 4. The molecule has 0 radical (unpaired) electrons. The average Bonchev–Trinajstić information content (AvgIpc) is 2.97. The minimum Gasteiger partial charge on any atom is -0.387 e. The first kappa shape index (κ1) is 29.6. The van der Waals surface area contributed by atoms with E-state index < -0.39 is 30.1 Å². The van der Waals surface area contributed by atoms with Crippen molar-refractivity contribution in [3.8, 4) is 0 Å². The normalized spacial score (nSPS) is 13.2.